The van der Waals surface area contributed by atoms with E-state index in [1.165, 1.54) is 6.42 Å². The first-order chi connectivity index (χ1) is 12.8. The second-order valence-electron chi connectivity index (χ2n) is 8.64. The monoisotopic (exact) mass is 375 g/mol. The van der Waals surface area contributed by atoms with Gasteiger partial charge in [0.05, 0.1) is 6.61 Å². The van der Waals surface area contributed by atoms with Crippen molar-refractivity contribution >= 4 is 11.6 Å². The largest absolute Gasteiger partial charge is 0.493 e. The summed E-state index contributed by atoms with van der Waals surface area (Å²) in [7, 11) is 0. The first kappa shape index (κ1) is 21.7. The first-order valence-electron chi connectivity index (χ1n) is 10.5. The maximum absolute atomic E-state index is 13.2. The molecule has 4 nitrogen and oxygen atoms in total. The fourth-order valence-corrected chi connectivity index (χ4v) is 3.95. The van der Waals surface area contributed by atoms with E-state index < -0.39 is 5.60 Å². The zero-order valence-corrected chi connectivity index (χ0v) is 18.0. The lowest BCUT2D eigenvalue weighted by atomic mass is 9.78. The number of carbonyl (C=O) groups is 1. The Morgan fingerprint density at radius 3 is 2.52 bits per heavy atom. The van der Waals surface area contributed by atoms with E-state index in [1.807, 2.05) is 26.0 Å². The SMILES string of the molecule is CCCO[C@@]1(C(=O)Nc2cc(C)c(OCC(C)C)c(C)c2)CCC[C@@H](C)C1. The van der Waals surface area contributed by atoms with Crippen LogP contribution in [0.4, 0.5) is 5.69 Å². The molecule has 27 heavy (non-hydrogen) atoms. The minimum absolute atomic E-state index is 0.00264. The Labute approximate surface area is 165 Å². The maximum atomic E-state index is 13.2. The molecule has 0 saturated heterocycles. The van der Waals surface area contributed by atoms with Gasteiger partial charge in [0.1, 0.15) is 11.4 Å². The second-order valence-corrected chi connectivity index (χ2v) is 8.64. The van der Waals surface area contributed by atoms with Gasteiger partial charge in [-0.15, -0.1) is 0 Å². The van der Waals surface area contributed by atoms with Crippen LogP contribution in [-0.4, -0.2) is 24.7 Å². The quantitative estimate of drug-likeness (QED) is 0.638. The highest BCUT2D eigenvalue weighted by molar-refractivity contribution is 5.97. The maximum Gasteiger partial charge on any atom is 0.256 e. The molecular formula is C23H37NO3. The van der Waals surface area contributed by atoms with Crippen LogP contribution >= 0.6 is 0 Å². The van der Waals surface area contributed by atoms with Crippen LogP contribution < -0.4 is 10.1 Å². The summed E-state index contributed by atoms with van der Waals surface area (Å²) in [5.41, 5.74) is 2.23. The van der Waals surface area contributed by atoms with Crippen LogP contribution in [0.2, 0.25) is 0 Å². The number of hydrogen-bond acceptors (Lipinski definition) is 3. The van der Waals surface area contributed by atoms with Gasteiger partial charge in [0, 0.05) is 12.3 Å². The fourth-order valence-electron chi connectivity index (χ4n) is 3.95. The van der Waals surface area contributed by atoms with E-state index in [4.69, 9.17) is 9.47 Å². The van der Waals surface area contributed by atoms with Gasteiger partial charge in [-0.2, -0.15) is 0 Å². The van der Waals surface area contributed by atoms with E-state index in [2.05, 4.69) is 33.0 Å². The topological polar surface area (TPSA) is 47.6 Å². The van der Waals surface area contributed by atoms with Crippen molar-refractivity contribution in [3.63, 3.8) is 0 Å². The highest BCUT2D eigenvalue weighted by Gasteiger charge is 2.42. The van der Waals surface area contributed by atoms with Crippen molar-refractivity contribution in [3.8, 4) is 5.75 Å². The molecule has 0 aromatic heterocycles. The molecule has 0 heterocycles. The Hall–Kier alpha value is -1.55. The Balaban J connectivity index is 2.17. The Kier molecular flexibility index (Phi) is 7.72. The van der Waals surface area contributed by atoms with Crippen LogP contribution in [0.25, 0.3) is 0 Å². The number of amides is 1. The third-order valence-electron chi connectivity index (χ3n) is 5.23. The molecule has 1 amide bonds. The summed E-state index contributed by atoms with van der Waals surface area (Å²) in [6.07, 6.45) is 4.73. The predicted molar refractivity (Wildman–Crippen MR) is 111 cm³/mol. The van der Waals surface area contributed by atoms with Crippen molar-refractivity contribution in [2.45, 2.75) is 79.2 Å². The van der Waals surface area contributed by atoms with E-state index >= 15 is 0 Å². The van der Waals surface area contributed by atoms with Crippen molar-refractivity contribution in [2.24, 2.45) is 11.8 Å². The van der Waals surface area contributed by atoms with E-state index in [1.54, 1.807) is 0 Å². The Morgan fingerprint density at radius 1 is 1.30 bits per heavy atom. The van der Waals surface area contributed by atoms with Crippen LogP contribution in [0.5, 0.6) is 5.75 Å². The van der Waals surface area contributed by atoms with Crippen molar-refractivity contribution in [1.82, 2.24) is 0 Å². The summed E-state index contributed by atoms with van der Waals surface area (Å²) >= 11 is 0. The average Bonchev–Trinajstić information content (AvgIpc) is 2.59. The number of ether oxygens (including phenoxy) is 2. The number of aryl methyl sites for hydroxylation is 2. The van der Waals surface area contributed by atoms with Crippen molar-refractivity contribution in [2.75, 3.05) is 18.5 Å². The fraction of sp³-hybridized carbons (Fsp3) is 0.696. The minimum Gasteiger partial charge on any atom is -0.493 e. The van der Waals surface area contributed by atoms with Gasteiger partial charge in [0.2, 0.25) is 0 Å². The number of rotatable bonds is 8. The van der Waals surface area contributed by atoms with Crippen molar-refractivity contribution < 1.29 is 14.3 Å². The summed E-state index contributed by atoms with van der Waals surface area (Å²) in [6, 6.07) is 4.00. The molecule has 1 fully saturated rings. The molecule has 1 aromatic carbocycles. The van der Waals surface area contributed by atoms with Gasteiger partial charge in [0.25, 0.3) is 5.91 Å². The average molecular weight is 376 g/mol. The van der Waals surface area contributed by atoms with Crippen LogP contribution in [0.1, 0.15) is 70.9 Å². The summed E-state index contributed by atoms with van der Waals surface area (Å²) < 4.78 is 12.1. The lowest BCUT2D eigenvalue weighted by Gasteiger charge is -2.38. The third kappa shape index (κ3) is 5.71. The predicted octanol–water partition coefficient (Wildman–Crippen LogP) is 5.65. The Morgan fingerprint density at radius 2 is 1.96 bits per heavy atom. The van der Waals surface area contributed by atoms with Crippen molar-refractivity contribution in [3.05, 3.63) is 23.3 Å². The van der Waals surface area contributed by atoms with Crippen LogP contribution in [-0.2, 0) is 9.53 Å². The number of anilines is 1. The lowest BCUT2D eigenvalue weighted by molar-refractivity contribution is -0.148. The number of hydrogen-bond donors (Lipinski definition) is 1. The first-order valence-corrected chi connectivity index (χ1v) is 10.5. The molecule has 1 aliphatic carbocycles. The molecule has 0 spiro atoms. The van der Waals surface area contributed by atoms with Gasteiger partial charge in [0.15, 0.2) is 0 Å². The number of benzene rings is 1. The summed E-state index contributed by atoms with van der Waals surface area (Å²) in [4.78, 5) is 13.2. The molecule has 0 unspecified atom stereocenters. The molecule has 2 atom stereocenters. The van der Waals surface area contributed by atoms with Crippen LogP contribution in [0.3, 0.4) is 0 Å². The number of nitrogens with one attached hydrogen (secondary N) is 1. The second kappa shape index (κ2) is 9.59. The van der Waals surface area contributed by atoms with E-state index in [0.29, 0.717) is 25.0 Å². The minimum atomic E-state index is -0.692. The standard InChI is InChI=1S/C23H37NO3/c1-7-11-27-23(10-8-9-17(4)14-23)22(25)24-20-12-18(5)21(19(6)13-20)26-15-16(2)3/h12-13,16-17H,7-11,14-15H2,1-6H3,(H,24,25)/t17-,23+/m1/s1. The zero-order chi connectivity index (χ0) is 20.0. The molecule has 4 heteroatoms. The summed E-state index contributed by atoms with van der Waals surface area (Å²) in [5.74, 6) is 1.91. The van der Waals surface area contributed by atoms with Gasteiger partial charge >= 0.3 is 0 Å². The lowest BCUT2D eigenvalue weighted by Crippen LogP contribution is -2.48. The van der Waals surface area contributed by atoms with Crippen molar-refractivity contribution in [1.29, 1.82) is 0 Å². The van der Waals surface area contributed by atoms with Gasteiger partial charge in [-0.3, -0.25) is 4.79 Å². The zero-order valence-electron chi connectivity index (χ0n) is 18.0. The van der Waals surface area contributed by atoms with Gasteiger partial charge in [-0.05, 0) is 74.6 Å². The van der Waals surface area contributed by atoms with Crippen LogP contribution in [0.15, 0.2) is 12.1 Å². The molecule has 1 aromatic rings. The van der Waals surface area contributed by atoms with Gasteiger partial charge < -0.3 is 14.8 Å². The normalized spacial score (nSPS) is 22.7. The summed E-state index contributed by atoms with van der Waals surface area (Å²) in [5, 5.41) is 3.14. The van der Waals surface area contributed by atoms with Crippen LogP contribution in [0, 0.1) is 25.7 Å². The molecule has 2 rings (SSSR count). The molecular weight excluding hydrogens is 338 g/mol. The van der Waals surface area contributed by atoms with Gasteiger partial charge in [-0.1, -0.05) is 34.1 Å². The molecule has 1 N–H and O–H groups in total. The summed E-state index contributed by atoms with van der Waals surface area (Å²) in [6.45, 7) is 14.0. The smallest absolute Gasteiger partial charge is 0.256 e. The highest BCUT2D eigenvalue weighted by atomic mass is 16.5. The van der Waals surface area contributed by atoms with E-state index in [9.17, 15) is 4.79 Å². The Bertz CT molecular complexity index is 618. The molecule has 1 aliphatic rings. The molecule has 152 valence electrons. The molecule has 1 saturated carbocycles. The highest BCUT2D eigenvalue weighted by Crippen LogP contribution is 2.37. The van der Waals surface area contributed by atoms with Gasteiger partial charge in [-0.25, -0.2) is 0 Å². The third-order valence-corrected chi connectivity index (χ3v) is 5.23. The van der Waals surface area contributed by atoms with E-state index in [0.717, 1.165) is 48.2 Å². The molecule has 0 aliphatic heterocycles. The number of carbonyl (C=O) groups excluding carboxylic acids is 1. The van der Waals surface area contributed by atoms with E-state index in [-0.39, 0.29) is 5.91 Å². The molecule has 0 bridgehead atoms. The molecule has 0 radical (unpaired) electrons.